The fourth-order valence-corrected chi connectivity index (χ4v) is 4.03. The van der Waals surface area contributed by atoms with Gasteiger partial charge in [0, 0.05) is 0 Å². The maximum Gasteiger partial charge on any atom is 0.272 e. The van der Waals surface area contributed by atoms with Crippen molar-refractivity contribution in [1.29, 1.82) is 0 Å². The van der Waals surface area contributed by atoms with Crippen LogP contribution in [0.25, 0.3) is 0 Å². The number of aliphatic hydroxyl groups excluding tert-OH is 1. The Kier molecular flexibility index (Phi) is 6.94. The molecule has 3 atom stereocenters. The first kappa shape index (κ1) is 20.7. The predicted molar refractivity (Wildman–Crippen MR) is 95.0 cm³/mol. The summed E-state index contributed by atoms with van der Waals surface area (Å²) in [5.41, 5.74) is 0.900. The standard InChI is InChI=1S/C14H17Cl3N2O5S/c15-14(16,17)13(21)18-11-8-25(22,23)19-10(12(11)20)7-24-6-9-4-2-1-3-5-9/h1-5,10-12,19-20H,6-8H2,(H,18,21)/t10-,11+,12-/m0/s1. The van der Waals surface area contributed by atoms with E-state index in [-0.39, 0.29) is 13.2 Å². The van der Waals surface area contributed by atoms with Gasteiger partial charge in [-0.2, -0.15) is 0 Å². The molecule has 25 heavy (non-hydrogen) atoms. The minimum absolute atomic E-state index is 0.0879. The van der Waals surface area contributed by atoms with E-state index in [0.717, 1.165) is 5.56 Å². The van der Waals surface area contributed by atoms with Crippen LogP contribution in [-0.2, 0) is 26.2 Å². The zero-order valence-electron chi connectivity index (χ0n) is 12.9. The number of carbonyl (C=O) groups excluding carboxylic acids is 1. The number of amides is 1. The molecule has 1 aromatic carbocycles. The summed E-state index contributed by atoms with van der Waals surface area (Å²) < 4.78 is 29.4. The Labute approximate surface area is 160 Å². The van der Waals surface area contributed by atoms with Crippen LogP contribution in [0.5, 0.6) is 0 Å². The number of halogens is 3. The van der Waals surface area contributed by atoms with Gasteiger partial charge in [-0.05, 0) is 5.56 Å². The Bertz CT molecular complexity index is 696. The zero-order chi connectivity index (χ0) is 18.7. The molecule has 11 heteroatoms. The van der Waals surface area contributed by atoms with Crippen molar-refractivity contribution in [3.05, 3.63) is 35.9 Å². The van der Waals surface area contributed by atoms with Crippen LogP contribution in [0.3, 0.4) is 0 Å². The molecule has 0 radical (unpaired) electrons. The van der Waals surface area contributed by atoms with Gasteiger partial charge in [-0.15, -0.1) is 0 Å². The van der Waals surface area contributed by atoms with Crippen molar-refractivity contribution in [2.45, 2.75) is 28.6 Å². The van der Waals surface area contributed by atoms with Gasteiger partial charge >= 0.3 is 0 Å². The summed E-state index contributed by atoms with van der Waals surface area (Å²) in [7, 11) is -3.73. The van der Waals surface area contributed by atoms with E-state index in [2.05, 4.69) is 10.0 Å². The zero-order valence-corrected chi connectivity index (χ0v) is 15.9. The third-order valence-electron chi connectivity index (χ3n) is 3.54. The minimum atomic E-state index is -3.73. The lowest BCUT2D eigenvalue weighted by Gasteiger charge is -2.35. The summed E-state index contributed by atoms with van der Waals surface area (Å²) in [6.45, 7) is 0.159. The number of aliphatic hydroxyl groups is 1. The summed E-state index contributed by atoms with van der Waals surface area (Å²) in [5.74, 6) is -1.54. The van der Waals surface area contributed by atoms with E-state index < -0.39 is 43.7 Å². The monoisotopic (exact) mass is 430 g/mol. The second-order valence-corrected chi connectivity index (χ2v) is 9.65. The van der Waals surface area contributed by atoms with Crippen molar-refractivity contribution in [2.24, 2.45) is 0 Å². The van der Waals surface area contributed by atoms with E-state index in [4.69, 9.17) is 39.5 Å². The first-order valence-electron chi connectivity index (χ1n) is 7.26. The molecule has 1 aromatic rings. The highest BCUT2D eigenvalue weighted by atomic mass is 35.6. The van der Waals surface area contributed by atoms with Crippen LogP contribution in [0.4, 0.5) is 0 Å². The van der Waals surface area contributed by atoms with Crippen LogP contribution in [0, 0.1) is 0 Å². The third kappa shape index (κ3) is 6.25. The number of rotatable bonds is 5. The largest absolute Gasteiger partial charge is 0.389 e. The van der Waals surface area contributed by atoms with Crippen LogP contribution >= 0.6 is 34.8 Å². The lowest BCUT2D eigenvalue weighted by molar-refractivity contribution is -0.121. The predicted octanol–water partition coefficient (Wildman–Crippen LogP) is 0.721. The first-order valence-corrected chi connectivity index (χ1v) is 10.0. The van der Waals surface area contributed by atoms with Crippen molar-refractivity contribution >= 4 is 50.7 Å². The molecule has 0 spiro atoms. The highest BCUT2D eigenvalue weighted by molar-refractivity contribution is 7.89. The average molecular weight is 432 g/mol. The van der Waals surface area contributed by atoms with Crippen LogP contribution in [0.1, 0.15) is 5.56 Å². The van der Waals surface area contributed by atoms with E-state index in [1.54, 1.807) is 0 Å². The molecule has 0 unspecified atom stereocenters. The molecule has 7 nitrogen and oxygen atoms in total. The van der Waals surface area contributed by atoms with Gasteiger partial charge in [0.25, 0.3) is 9.70 Å². The van der Waals surface area contributed by atoms with E-state index >= 15 is 0 Å². The summed E-state index contributed by atoms with van der Waals surface area (Å²) in [4.78, 5) is 11.7. The molecule has 140 valence electrons. The number of alkyl halides is 3. The third-order valence-corrected chi connectivity index (χ3v) is 5.51. The van der Waals surface area contributed by atoms with E-state index in [0.29, 0.717) is 0 Å². The number of hydrogen-bond acceptors (Lipinski definition) is 5. The molecular formula is C14H17Cl3N2O5S. The second kappa shape index (κ2) is 8.39. The Morgan fingerprint density at radius 3 is 2.56 bits per heavy atom. The summed E-state index contributed by atoms with van der Waals surface area (Å²) in [5, 5.41) is 12.6. The summed E-state index contributed by atoms with van der Waals surface area (Å²) in [6, 6.07) is 7.19. The highest BCUT2D eigenvalue weighted by Gasteiger charge is 2.42. The summed E-state index contributed by atoms with van der Waals surface area (Å²) in [6.07, 6.45) is -1.24. The van der Waals surface area contributed by atoms with E-state index in [1.165, 1.54) is 0 Å². The lowest BCUT2D eigenvalue weighted by atomic mass is 10.1. The van der Waals surface area contributed by atoms with Gasteiger partial charge < -0.3 is 15.2 Å². The molecule has 1 aliphatic rings. The fraction of sp³-hybridized carbons (Fsp3) is 0.500. The number of hydrogen-bond donors (Lipinski definition) is 3. The van der Waals surface area contributed by atoms with Gasteiger partial charge in [0.05, 0.1) is 37.2 Å². The quantitative estimate of drug-likeness (QED) is 0.596. The molecule has 0 saturated carbocycles. The molecule has 1 heterocycles. The first-order chi connectivity index (χ1) is 11.6. The molecule has 0 bridgehead atoms. The maximum absolute atomic E-state index is 12.0. The molecule has 0 aliphatic carbocycles. The van der Waals surface area contributed by atoms with Crippen LogP contribution in [0.2, 0.25) is 0 Å². The van der Waals surface area contributed by atoms with E-state index in [1.807, 2.05) is 30.3 Å². The van der Waals surface area contributed by atoms with Gasteiger partial charge in [0.15, 0.2) is 0 Å². The molecule has 2 rings (SSSR count). The highest BCUT2D eigenvalue weighted by Crippen LogP contribution is 2.26. The minimum Gasteiger partial charge on any atom is -0.389 e. The van der Waals surface area contributed by atoms with Crippen LogP contribution < -0.4 is 10.0 Å². The summed E-state index contributed by atoms with van der Waals surface area (Å²) >= 11 is 16.4. The number of benzene rings is 1. The van der Waals surface area contributed by atoms with Crippen molar-refractivity contribution in [1.82, 2.24) is 10.0 Å². The Morgan fingerprint density at radius 2 is 1.96 bits per heavy atom. The fourth-order valence-electron chi connectivity index (χ4n) is 2.35. The maximum atomic E-state index is 12.0. The van der Waals surface area contributed by atoms with Gasteiger partial charge in [-0.25, -0.2) is 13.1 Å². The van der Waals surface area contributed by atoms with Crippen molar-refractivity contribution in [3.63, 3.8) is 0 Å². The van der Waals surface area contributed by atoms with Crippen LogP contribution in [0.15, 0.2) is 30.3 Å². The Morgan fingerprint density at radius 1 is 1.32 bits per heavy atom. The van der Waals surface area contributed by atoms with Gasteiger partial charge in [0.1, 0.15) is 0 Å². The lowest BCUT2D eigenvalue weighted by Crippen LogP contribution is -2.64. The van der Waals surface area contributed by atoms with Crippen molar-refractivity contribution in [2.75, 3.05) is 12.4 Å². The molecule has 1 amide bonds. The number of ether oxygens (including phenoxy) is 1. The van der Waals surface area contributed by atoms with Gasteiger partial charge in [-0.3, -0.25) is 4.79 Å². The number of sulfonamides is 1. The molecular weight excluding hydrogens is 415 g/mol. The molecule has 1 aliphatic heterocycles. The normalized spacial score (nSPS) is 26.2. The van der Waals surface area contributed by atoms with Crippen LogP contribution in [-0.4, -0.2) is 53.8 Å². The second-order valence-electron chi connectivity index (χ2n) is 5.57. The SMILES string of the molecule is O=C(N[C@@H]1CS(=O)(=O)N[C@@H](COCc2ccccc2)[C@@H]1O)C(Cl)(Cl)Cl. The van der Waals surface area contributed by atoms with E-state index in [9.17, 15) is 18.3 Å². The Hall–Kier alpha value is -0.610. The average Bonchev–Trinajstić information content (AvgIpc) is 2.51. The Balaban J connectivity index is 1.98. The molecule has 3 N–H and O–H groups in total. The van der Waals surface area contributed by atoms with Crippen molar-refractivity contribution < 1.29 is 23.1 Å². The van der Waals surface area contributed by atoms with Gasteiger partial charge in [-0.1, -0.05) is 65.1 Å². The van der Waals surface area contributed by atoms with Crippen molar-refractivity contribution in [3.8, 4) is 0 Å². The smallest absolute Gasteiger partial charge is 0.272 e. The topological polar surface area (TPSA) is 105 Å². The van der Waals surface area contributed by atoms with Gasteiger partial charge in [0.2, 0.25) is 10.0 Å². The molecule has 0 aromatic heterocycles. The molecule has 1 saturated heterocycles. The number of nitrogens with one attached hydrogen (secondary N) is 2. The number of carbonyl (C=O) groups is 1. The molecule has 1 fully saturated rings.